The lowest BCUT2D eigenvalue weighted by atomic mass is 10.0. The summed E-state index contributed by atoms with van der Waals surface area (Å²) in [5.41, 5.74) is -1.58. The number of nitrogens with one attached hydrogen (secondary N) is 1. The van der Waals surface area contributed by atoms with Crippen molar-refractivity contribution >= 4 is 15.7 Å². The van der Waals surface area contributed by atoms with Crippen LogP contribution in [0.15, 0.2) is 11.0 Å². The van der Waals surface area contributed by atoms with E-state index in [1.165, 1.54) is 13.8 Å². The van der Waals surface area contributed by atoms with Gasteiger partial charge in [-0.3, -0.25) is 10.1 Å². The highest BCUT2D eigenvalue weighted by molar-refractivity contribution is 7.89. The van der Waals surface area contributed by atoms with Gasteiger partial charge in [-0.2, -0.15) is 4.39 Å². The molecule has 0 atom stereocenters. The van der Waals surface area contributed by atoms with Crippen LogP contribution in [-0.4, -0.2) is 18.9 Å². The van der Waals surface area contributed by atoms with Crippen LogP contribution in [0.4, 0.5) is 10.1 Å². The van der Waals surface area contributed by atoms with Gasteiger partial charge in [-0.15, -0.1) is 0 Å². The van der Waals surface area contributed by atoms with E-state index in [4.69, 9.17) is 0 Å². The van der Waals surface area contributed by atoms with Gasteiger partial charge in [0.1, 0.15) is 0 Å². The fourth-order valence-electron chi connectivity index (χ4n) is 2.03. The van der Waals surface area contributed by atoms with E-state index >= 15 is 0 Å². The molecule has 0 aromatic heterocycles. The molecule has 0 aliphatic rings. The highest BCUT2D eigenvalue weighted by Gasteiger charge is 2.32. The molecule has 0 radical (unpaired) electrons. The van der Waals surface area contributed by atoms with Crippen molar-refractivity contribution in [3.05, 3.63) is 33.1 Å². The maximum Gasteiger partial charge on any atom is 0.309 e. The van der Waals surface area contributed by atoms with Gasteiger partial charge in [0.05, 0.1) is 15.4 Å². The van der Waals surface area contributed by atoms with E-state index in [0.717, 1.165) is 6.07 Å². The minimum Gasteiger partial charge on any atom is -0.258 e. The zero-order chi connectivity index (χ0) is 16.6. The summed E-state index contributed by atoms with van der Waals surface area (Å²) in [4.78, 5) is 9.78. The predicted molar refractivity (Wildman–Crippen MR) is 77.2 cm³/mol. The molecule has 21 heavy (non-hydrogen) atoms. The Morgan fingerprint density at radius 1 is 1.38 bits per heavy atom. The first-order valence-electron chi connectivity index (χ1n) is 6.41. The van der Waals surface area contributed by atoms with Gasteiger partial charge in [-0.1, -0.05) is 6.92 Å². The Morgan fingerprint density at radius 3 is 2.33 bits per heavy atom. The number of rotatable bonds is 5. The van der Waals surface area contributed by atoms with Crippen molar-refractivity contribution in [3.63, 3.8) is 0 Å². The van der Waals surface area contributed by atoms with Crippen molar-refractivity contribution in [2.45, 2.75) is 51.5 Å². The highest BCUT2D eigenvalue weighted by Crippen LogP contribution is 2.31. The molecular weight excluding hydrogens is 299 g/mol. The molecule has 0 aliphatic heterocycles. The van der Waals surface area contributed by atoms with E-state index in [9.17, 15) is 22.9 Å². The van der Waals surface area contributed by atoms with Crippen molar-refractivity contribution in [1.29, 1.82) is 0 Å². The lowest BCUT2D eigenvalue weighted by molar-refractivity contribution is -0.388. The molecule has 118 valence electrons. The second kappa shape index (κ2) is 5.69. The number of aryl methyl sites for hydroxylation is 1. The van der Waals surface area contributed by atoms with Gasteiger partial charge >= 0.3 is 5.69 Å². The molecule has 0 heterocycles. The molecule has 6 nitrogen and oxygen atoms in total. The maximum absolute atomic E-state index is 13.7. The summed E-state index contributed by atoms with van der Waals surface area (Å²) in [6.07, 6.45) is 0.535. The Bertz CT molecular complexity index is 684. The van der Waals surface area contributed by atoms with E-state index in [1.54, 1.807) is 13.8 Å². The number of halogens is 1. The molecule has 1 aromatic rings. The van der Waals surface area contributed by atoms with Crippen LogP contribution >= 0.6 is 0 Å². The molecule has 0 bridgehead atoms. The molecule has 1 N–H and O–H groups in total. The minimum atomic E-state index is -3.99. The fraction of sp³-hybridized carbons (Fsp3) is 0.538. The quantitative estimate of drug-likeness (QED) is 0.667. The van der Waals surface area contributed by atoms with Gasteiger partial charge in [0.2, 0.25) is 15.8 Å². The van der Waals surface area contributed by atoms with Gasteiger partial charge in [0, 0.05) is 5.54 Å². The third kappa shape index (κ3) is 3.56. The molecule has 1 aromatic carbocycles. The molecule has 8 heteroatoms. The topological polar surface area (TPSA) is 89.3 Å². The van der Waals surface area contributed by atoms with Gasteiger partial charge in [-0.25, -0.2) is 13.1 Å². The standard InChI is InChI=1S/C13H19FN2O4S/c1-6-13(4,5)15-21(19,20)12-8(2)7-10(14)11(9(12)3)16(17)18/h7,15H,6H2,1-5H3. The molecule has 0 spiro atoms. The molecule has 0 saturated heterocycles. The number of hydrogen-bond acceptors (Lipinski definition) is 4. The van der Waals surface area contributed by atoms with Gasteiger partial charge in [-0.05, 0) is 45.7 Å². The Kier molecular flexibility index (Phi) is 4.74. The van der Waals surface area contributed by atoms with Crippen LogP contribution in [0.1, 0.15) is 38.3 Å². The van der Waals surface area contributed by atoms with Crippen LogP contribution in [0, 0.1) is 29.8 Å². The summed E-state index contributed by atoms with van der Waals surface area (Å²) in [6.45, 7) is 7.87. The summed E-state index contributed by atoms with van der Waals surface area (Å²) in [6, 6.07) is 0.874. The molecule has 0 unspecified atom stereocenters. The molecule has 0 saturated carbocycles. The van der Waals surface area contributed by atoms with Crippen molar-refractivity contribution in [2.75, 3.05) is 0 Å². The number of hydrogen-bond donors (Lipinski definition) is 1. The predicted octanol–water partition coefficient (Wildman–Crippen LogP) is 2.82. The molecule has 0 aliphatic carbocycles. The van der Waals surface area contributed by atoms with E-state index < -0.39 is 32.0 Å². The Labute approximate surface area is 123 Å². The third-order valence-electron chi connectivity index (χ3n) is 3.37. The van der Waals surface area contributed by atoms with Crippen LogP contribution in [0.25, 0.3) is 0 Å². The highest BCUT2D eigenvalue weighted by atomic mass is 32.2. The summed E-state index contributed by atoms with van der Waals surface area (Å²) in [7, 11) is -3.99. The largest absolute Gasteiger partial charge is 0.309 e. The van der Waals surface area contributed by atoms with Gasteiger partial charge in [0.15, 0.2) is 0 Å². The van der Waals surface area contributed by atoms with Crippen LogP contribution in [0.3, 0.4) is 0 Å². The molecule has 1 rings (SSSR count). The van der Waals surface area contributed by atoms with E-state index in [-0.39, 0.29) is 16.0 Å². The summed E-state index contributed by atoms with van der Waals surface area (Å²) in [5.74, 6) is -1.04. The lowest BCUT2D eigenvalue weighted by Crippen LogP contribution is -2.43. The third-order valence-corrected chi connectivity index (χ3v) is 5.36. The van der Waals surface area contributed by atoms with Gasteiger partial charge < -0.3 is 0 Å². The second-order valence-electron chi connectivity index (χ2n) is 5.58. The van der Waals surface area contributed by atoms with Crippen molar-refractivity contribution in [3.8, 4) is 0 Å². The Hall–Kier alpha value is -1.54. The molecular formula is C13H19FN2O4S. The van der Waals surface area contributed by atoms with Crippen LogP contribution in [0.2, 0.25) is 0 Å². The zero-order valence-corrected chi connectivity index (χ0v) is 13.5. The first-order valence-corrected chi connectivity index (χ1v) is 7.89. The van der Waals surface area contributed by atoms with Crippen LogP contribution < -0.4 is 4.72 Å². The SMILES string of the molecule is CCC(C)(C)NS(=O)(=O)c1c(C)cc(F)c([N+](=O)[O-])c1C. The number of sulfonamides is 1. The first-order chi connectivity index (χ1) is 9.43. The second-order valence-corrected chi connectivity index (χ2v) is 7.20. The van der Waals surface area contributed by atoms with E-state index in [2.05, 4.69) is 4.72 Å². The Morgan fingerprint density at radius 2 is 1.90 bits per heavy atom. The fourth-order valence-corrected chi connectivity index (χ4v) is 3.99. The monoisotopic (exact) mass is 318 g/mol. The average Bonchev–Trinajstić information content (AvgIpc) is 2.25. The molecule has 0 fully saturated rings. The van der Waals surface area contributed by atoms with Crippen molar-refractivity contribution in [2.24, 2.45) is 0 Å². The lowest BCUT2D eigenvalue weighted by Gasteiger charge is -2.25. The van der Waals surface area contributed by atoms with E-state index in [0.29, 0.717) is 6.42 Å². The average molecular weight is 318 g/mol. The smallest absolute Gasteiger partial charge is 0.258 e. The summed E-state index contributed by atoms with van der Waals surface area (Å²) >= 11 is 0. The zero-order valence-electron chi connectivity index (χ0n) is 12.7. The van der Waals surface area contributed by atoms with Crippen molar-refractivity contribution in [1.82, 2.24) is 4.72 Å². The number of nitro groups is 1. The maximum atomic E-state index is 13.7. The van der Waals surface area contributed by atoms with Crippen LogP contribution in [-0.2, 0) is 10.0 Å². The van der Waals surface area contributed by atoms with Gasteiger partial charge in [0.25, 0.3) is 0 Å². The first kappa shape index (κ1) is 17.5. The summed E-state index contributed by atoms with van der Waals surface area (Å²) in [5, 5.41) is 10.9. The Balaban J connectivity index is 3.57. The number of nitrogens with zero attached hydrogens (tertiary/aromatic N) is 1. The molecule has 0 amide bonds. The number of nitro benzene ring substituents is 1. The van der Waals surface area contributed by atoms with Crippen molar-refractivity contribution < 1.29 is 17.7 Å². The van der Waals surface area contributed by atoms with E-state index in [1.807, 2.05) is 6.92 Å². The summed E-state index contributed by atoms with van der Waals surface area (Å²) < 4.78 is 41.1. The number of benzene rings is 1. The minimum absolute atomic E-state index is 0.134. The normalized spacial score (nSPS) is 12.5. The van der Waals surface area contributed by atoms with Crippen LogP contribution in [0.5, 0.6) is 0 Å².